The average Bonchev–Trinajstić information content (AvgIpc) is 2.01. The van der Waals surface area contributed by atoms with Gasteiger partial charge in [-0.25, -0.2) is 9.18 Å². The molecule has 0 saturated heterocycles. The summed E-state index contributed by atoms with van der Waals surface area (Å²) >= 11 is 0. The topological polar surface area (TPSA) is 71.4 Å². The number of carbonyl (C=O) groups is 1. The van der Waals surface area contributed by atoms with Gasteiger partial charge in [0.15, 0.2) is 0 Å². The van der Waals surface area contributed by atoms with Crippen LogP contribution in [0, 0.1) is 5.82 Å². The fraction of sp³-hybridized carbons (Fsp3) is 0. The van der Waals surface area contributed by atoms with Gasteiger partial charge >= 0.3 is 16.2 Å². The zero-order valence-corrected chi connectivity index (χ0v) is 7.38. The largest absolute Gasteiger partial charge is 0.478 e. The molecule has 1 aromatic carbocycles. The molecule has 0 unspecified atom stereocenters. The molecule has 0 aliphatic carbocycles. The van der Waals surface area contributed by atoms with Gasteiger partial charge in [-0.1, -0.05) is 0 Å². The Morgan fingerprint density at radius 2 is 1.86 bits per heavy atom. The van der Waals surface area contributed by atoms with Gasteiger partial charge in [-0.2, -0.15) is 8.42 Å². The van der Waals surface area contributed by atoms with Crippen LogP contribution < -0.4 is 0 Å². The number of aromatic carboxylic acids is 1. The number of hydrogen-bond donors (Lipinski definition) is 1. The average molecular weight is 222 g/mol. The quantitative estimate of drug-likeness (QED) is 0.762. The van der Waals surface area contributed by atoms with E-state index in [4.69, 9.17) is 5.11 Å². The van der Waals surface area contributed by atoms with Gasteiger partial charge in [0.1, 0.15) is 10.7 Å². The number of carboxylic acids is 1. The van der Waals surface area contributed by atoms with Gasteiger partial charge in [-0.15, -0.1) is 3.89 Å². The Balaban J connectivity index is 3.43. The molecule has 0 atom stereocenters. The third kappa shape index (κ3) is 2.25. The highest BCUT2D eigenvalue weighted by Crippen LogP contribution is 2.16. The standard InChI is InChI=1S/C7H4F2O4S/c8-5-1-4(7(10)11)2-6(3-5)14(9,12)13/h1-3H,(H,10,11). The van der Waals surface area contributed by atoms with E-state index in [0.717, 1.165) is 0 Å². The zero-order valence-electron chi connectivity index (χ0n) is 6.57. The minimum atomic E-state index is -5.08. The van der Waals surface area contributed by atoms with Crippen molar-refractivity contribution in [3.8, 4) is 0 Å². The lowest BCUT2D eigenvalue weighted by Crippen LogP contribution is -2.01. The normalized spacial score (nSPS) is 11.3. The smallest absolute Gasteiger partial charge is 0.335 e. The van der Waals surface area contributed by atoms with Crippen molar-refractivity contribution in [2.24, 2.45) is 0 Å². The van der Waals surface area contributed by atoms with E-state index < -0.39 is 32.5 Å². The highest BCUT2D eigenvalue weighted by atomic mass is 32.3. The summed E-state index contributed by atoms with van der Waals surface area (Å²) in [6, 6.07) is 1.54. The number of hydrogen-bond acceptors (Lipinski definition) is 3. The van der Waals surface area contributed by atoms with Crippen LogP contribution in [0.25, 0.3) is 0 Å². The monoisotopic (exact) mass is 222 g/mol. The molecule has 7 heteroatoms. The Hall–Kier alpha value is -1.50. The number of carboxylic acid groups (broad SMARTS) is 1. The molecule has 76 valence electrons. The Labute approximate surface area is 78.0 Å². The van der Waals surface area contributed by atoms with Crippen molar-refractivity contribution in [1.29, 1.82) is 0 Å². The molecule has 0 radical (unpaired) electrons. The molecule has 0 aliphatic heterocycles. The van der Waals surface area contributed by atoms with Gasteiger partial charge in [0, 0.05) is 0 Å². The molecule has 0 aliphatic rings. The first-order valence-corrected chi connectivity index (χ1v) is 4.67. The molecule has 0 fully saturated rings. The van der Waals surface area contributed by atoms with Gasteiger partial charge in [-0.05, 0) is 18.2 Å². The van der Waals surface area contributed by atoms with E-state index in [0.29, 0.717) is 18.2 Å². The SMILES string of the molecule is O=C(O)c1cc(F)cc(S(=O)(=O)F)c1. The van der Waals surface area contributed by atoms with Crippen molar-refractivity contribution in [3.63, 3.8) is 0 Å². The lowest BCUT2D eigenvalue weighted by Gasteiger charge is -1.98. The van der Waals surface area contributed by atoms with Gasteiger partial charge in [0.25, 0.3) is 0 Å². The van der Waals surface area contributed by atoms with E-state index in [9.17, 15) is 21.5 Å². The summed E-state index contributed by atoms with van der Waals surface area (Å²) in [4.78, 5) is 9.34. The summed E-state index contributed by atoms with van der Waals surface area (Å²) in [7, 11) is -5.08. The van der Waals surface area contributed by atoms with Crippen molar-refractivity contribution < 1.29 is 26.6 Å². The van der Waals surface area contributed by atoms with Crippen molar-refractivity contribution in [3.05, 3.63) is 29.6 Å². The predicted octanol–water partition coefficient (Wildman–Crippen LogP) is 1.18. The zero-order chi connectivity index (χ0) is 10.9. The van der Waals surface area contributed by atoms with E-state index in [-0.39, 0.29) is 0 Å². The predicted molar refractivity (Wildman–Crippen MR) is 41.7 cm³/mol. The maximum atomic E-state index is 12.6. The fourth-order valence-corrected chi connectivity index (χ4v) is 1.35. The van der Waals surface area contributed by atoms with Gasteiger partial charge in [-0.3, -0.25) is 0 Å². The fourth-order valence-electron chi connectivity index (χ4n) is 0.827. The van der Waals surface area contributed by atoms with Crippen LogP contribution in [0.4, 0.5) is 8.28 Å². The molecule has 0 amide bonds. The second-order valence-electron chi connectivity index (χ2n) is 2.42. The first kappa shape index (κ1) is 10.6. The van der Waals surface area contributed by atoms with Crippen LogP contribution in [0.15, 0.2) is 23.1 Å². The van der Waals surface area contributed by atoms with Crippen LogP contribution in [-0.2, 0) is 10.2 Å². The molecule has 4 nitrogen and oxygen atoms in total. The van der Waals surface area contributed by atoms with E-state index >= 15 is 0 Å². The number of rotatable bonds is 2. The van der Waals surface area contributed by atoms with Crippen LogP contribution in [0.5, 0.6) is 0 Å². The van der Waals surface area contributed by atoms with E-state index in [2.05, 4.69) is 0 Å². The van der Waals surface area contributed by atoms with Gasteiger partial charge in [0.2, 0.25) is 0 Å². The van der Waals surface area contributed by atoms with Gasteiger partial charge < -0.3 is 5.11 Å². The van der Waals surface area contributed by atoms with Gasteiger partial charge in [0.05, 0.1) is 5.56 Å². The minimum Gasteiger partial charge on any atom is -0.478 e. The molecule has 0 aromatic heterocycles. The second kappa shape index (κ2) is 3.33. The summed E-state index contributed by atoms with van der Waals surface area (Å²) < 4.78 is 45.6. The maximum absolute atomic E-state index is 12.6. The Kier molecular flexibility index (Phi) is 2.52. The van der Waals surface area contributed by atoms with E-state index in [1.54, 1.807) is 0 Å². The molecule has 14 heavy (non-hydrogen) atoms. The van der Waals surface area contributed by atoms with Crippen LogP contribution in [0.2, 0.25) is 0 Å². The second-order valence-corrected chi connectivity index (χ2v) is 3.77. The molecule has 0 spiro atoms. The van der Waals surface area contributed by atoms with E-state index in [1.165, 1.54) is 0 Å². The lowest BCUT2D eigenvalue weighted by atomic mass is 10.2. The number of halogens is 2. The van der Waals surface area contributed by atoms with Crippen molar-refractivity contribution in [2.75, 3.05) is 0 Å². The maximum Gasteiger partial charge on any atom is 0.335 e. The van der Waals surface area contributed by atoms with Crippen molar-refractivity contribution in [1.82, 2.24) is 0 Å². The summed E-state index contributed by atoms with van der Waals surface area (Å²) in [5, 5.41) is 8.42. The van der Waals surface area contributed by atoms with Crippen molar-refractivity contribution in [2.45, 2.75) is 4.90 Å². The molecule has 0 saturated carbocycles. The molecular weight excluding hydrogens is 218 g/mol. The van der Waals surface area contributed by atoms with Crippen LogP contribution in [-0.4, -0.2) is 19.5 Å². The first-order chi connectivity index (χ1) is 6.30. The van der Waals surface area contributed by atoms with Crippen molar-refractivity contribution >= 4 is 16.2 Å². The molecule has 1 N–H and O–H groups in total. The molecule has 1 rings (SSSR count). The minimum absolute atomic E-state index is 0.405. The summed E-state index contributed by atoms with van der Waals surface area (Å²) in [5.41, 5.74) is -0.624. The first-order valence-electron chi connectivity index (χ1n) is 3.29. The Morgan fingerprint density at radius 1 is 1.29 bits per heavy atom. The lowest BCUT2D eigenvalue weighted by molar-refractivity contribution is 0.0696. The Bertz CT molecular complexity index is 480. The molecule has 0 bridgehead atoms. The summed E-state index contributed by atoms with van der Waals surface area (Å²) in [6.45, 7) is 0. The summed E-state index contributed by atoms with van der Waals surface area (Å²) in [5.74, 6) is -2.66. The summed E-state index contributed by atoms with van der Waals surface area (Å²) in [6.07, 6.45) is 0. The highest BCUT2D eigenvalue weighted by molar-refractivity contribution is 7.86. The molecule has 1 aromatic rings. The molecule has 0 heterocycles. The third-order valence-corrected chi connectivity index (χ3v) is 2.20. The third-order valence-electron chi connectivity index (χ3n) is 1.40. The van der Waals surface area contributed by atoms with E-state index in [1.807, 2.05) is 0 Å². The van der Waals surface area contributed by atoms with Crippen LogP contribution >= 0.6 is 0 Å². The Morgan fingerprint density at radius 3 is 2.29 bits per heavy atom. The van der Waals surface area contributed by atoms with Crippen LogP contribution in [0.3, 0.4) is 0 Å². The highest BCUT2D eigenvalue weighted by Gasteiger charge is 2.16. The molecular formula is C7H4F2O4S. The van der Waals surface area contributed by atoms with Crippen LogP contribution in [0.1, 0.15) is 10.4 Å². The number of benzene rings is 1.